The molecule has 5 nitrogen and oxygen atoms in total. The Morgan fingerprint density at radius 2 is 1.78 bits per heavy atom. The summed E-state index contributed by atoms with van der Waals surface area (Å²) in [6.45, 7) is 5.43. The van der Waals surface area contributed by atoms with Gasteiger partial charge in [0.25, 0.3) is 15.9 Å². The number of hydrogen-bond acceptors (Lipinski definition) is 4. The lowest BCUT2D eigenvalue weighted by molar-refractivity contribution is 0.0950. The van der Waals surface area contributed by atoms with Gasteiger partial charge in [0.05, 0.1) is 6.54 Å². The van der Waals surface area contributed by atoms with Crippen molar-refractivity contribution in [2.45, 2.75) is 50.3 Å². The normalized spacial score (nSPS) is 16.1. The molecule has 0 radical (unpaired) electrons. The van der Waals surface area contributed by atoms with Crippen LogP contribution in [0.15, 0.2) is 34.5 Å². The standard InChI is InChI=1S/C20H26N2O3S2/c1-15-7-9-18(16(2)13-15)20(23)21-14-17-8-10-19(26-17)27(24,25)22-11-5-3-4-6-12-22/h7-10,13H,3-6,11-12,14H2,1-2H3,(H,21,23). The molecule has 1 aliphatic heterocycles. The van der Waals surface area contributed by atoms with Gasteiger partial charge in [0.2, 0.25) is 0 Å². The van der Waals surface area contributed by atoms with Crippen LogP contribution < -0.4 is 5.32 Å². The highest BCUT2D eigenvalue weighted by molar-refractivity contribution is 7.91. The Bertz CT molecular complexity index is 911. The third kappa shape index (κ3) is 4.78. The van der Waals surface area contributed by atoms with Crippen LogP contribution in [0.5, 0.6) is 0 Å². The Morgan fingerprint density at radius 1 is 1.07 bits per heavy atom. The second-order valence-corrected chi connectivity index (χ2v) is 10.4. The maximum Gasteiger partial charge on any atom is 0.252 e. The maximum absolute atomic E-state index is 12.8. The van der Waals surface area contributed by atoms with Crippen molar-refractivity contribution in [3.63, 3.8) is 0 Å². The second-order valence-electron chi connectivity index (χ2n) is 7.04. The van der Waals surface area contributed by atoms with E-state index in [2.05, 4.69) is 5.32 Å². The van der Waals surface area contributed by atoms with Crippen molar-refractivity contribution in [3.8, 4) is 0 Å². The van der Waals surface area contributed by atoms with Gasteiger partial charge in [0, 0.05) is 23.5 Å². The van der Waals surface area contributed by atoms with Crippen LogP contribution in [-0.4, -0.2) is 31.7 Å². The minimum atomic E-state index is -3.43. The molecule has 0 atom stereocenters. The summed E-state index contributed by atoms with van der Waals surface area (Å²) in [6.07, 6.45) is 4.02. The monoisotopic (exact) mass is 406 g/mol. The number of rotatable bonds is 5. The van der Waals surface area contributed by atoms with Crippen molar-refractivity contribution in [1.29, 1.82) is 0 Å². The van der Waals surface area contributed by atoms with Crippen LogP contribution in [-0.2, 0) is 16.6 Å². The van der Waals surface area contributed by atoms with Crippen molar-refractivity contribution in [2.75, 3.05) is 13.1 Å². The number of benzene rings is 1. The molecule has 1 fully saturated rings. The number of nitrogens with one attached hydrogen (secondary N) is 1. The molecule has 0 aliphatic carbocycles. The second kappa shape index (κ2) is 8.54. The molecule has 2 aromatic rings. The third-order valence-corrected chi connectivity index (χ3v) is 8.30. The Hall–Kier alpha value is -1.70. The number of sulfonamides is 1. The molecule has 146 valence electrons. The first-order valence-corrected chi connectivity index (χ1v) is 11.6. The summed E-state index contributed by atoms with van der Waals surface area (Å²) >= 11 is 1.24. The van der Waals surface area contributed by atoms with E-state index < -0.39 is 10.0 Å². The average molecular weight is 407 g/mol. The molecule has 0 spiro atoms. The summed E-state index contributed by atoms with van der Waals surface area (Å²) in [6, 6.07) is 9.16. The highest BCUT2D eigenvalue weighted by Gasteiger charge is 2.26. The first-order chi connectivity index (χ1) is 12.9. The molecule has 0 unspecified atom stereocenters. The molecule has 7 heteroatoms. The molecule has 1 aromatic heterocycles. The van der Waals surface area contributed by atoms with Gasteiger partial charge in [0.15, 0.2) is 0 Å². The molecule has 1 amide bonds. The van der Waals surface area contributed by atoms with Gasteiger partial charge in [-0.05, 0) is 50.5 Å². The fourth-order valence-corrected chi connectivity index (χ4v) is 6.30. The van der Waals surface area contributed by atoms with Gasteiger partial charge in [-0.1, -0.05) is 30.5 Å². The molecule has 3 rings (SSSR count). The number of thiophene rings is 1. The molecule has 0 saturated carbocycles. The van der Waals surface area contributed by atoms with E-state index >= 15 is 0 Å². The van der Waals surface area contributed by atoms with E-state index in [1.165, 1.54) is 11.3 Å². The fraction of sp³-hybridized carbons (Fsp3) is 0.450. The first kappa shape index (κ1) is 20.0. The minimum absolute atomic E-state index is 0.141. The van der Waals surface area contributed by atoms with E-state index in [0.717, 1.165) is 41.7 Å². The van der Waals surface area contributed by atoms with Crippen molar-refractivity contribution in [1.82, 2.24) is 9.62 Å². The lowest BCUT2D eigenvalue weighted by atomic mass is 10.1. The zero-order valence-electron chi connectivity index (χ0n) is 15.8. The minimum Gasteiger partial charge on any atom is -0.347 e. The number of carbonyl (C=O) groups excluding carboxylic acids is 1. The lowest BCUT2D eigenvalue weighted by Crippen LogP contribution is -2.31. The summed E-state index contributed by atoms with van der Waals surface area (Å²) in [5, 5.41) is 2.89. The SMILES string of the molecule is Cc1ccc(C(=O)NCc2ccc(S(=O)(=O)N3CCCCCC3)s2)c(C)c1. The lowest BCUT2D eigenvalue weighted by Gasteiger charge is -2.18. The fourth-order valence-electron chi connectivity index (χ4n) is 3.33. The van der Waals surface area contributed by atoms with Crippen LogP contribution in [0.4, 0.5) is 0 Å². The smallest absolute Gasteiger partial charge is 0.252 e. The molecular formula is C20H26N2O3S2. The van der Waals surface area contributed by atoms with Crippen molar-refractivity contribution < 1.29 is 13.2 Å². The van der Waals surface area contributed by atoms with E-state index in [1.54, 1.807) is 16.4 Å². The van der Waals surface area contributed by atoms with Gasteiger partial charge in [0.1, 0.15) is 4.21 Å². The van der Waals surface area contributed by atoms with E-state index in [1.807, 2.05) is 32.0 Å². The van der Waals surface area contributed by atoms with Crippen LogP contribution in [0, 0.1) is 13.8 Å². The van der Waals surface area contributed by atoms with Crippen molar-refractivity contribution in [3.05, 3.63) is 51.9 Å². The predicted octanol–water partition coefficient (Wildman–Crippen LogP) is 3.86. The summed E-state index contributed by atoms with van der Waals surface area (Å²) in [7, 11) is -3.43. The van der Waals surface area contributed by atoms with Gasteiger partial charge in [-0.25, -0.2) is 8.42 Å². The topological polar surface area (TPSA) is 66.5 Å². The number of nitrogens with zero attached hydrogens (tertiary/aromatic N) is 1. The zero-order valence-corrected chi connectivity index (χ0v) is 17.5. The number of carbonyl (C=O) groups is 1. The summed E-state index contributed by atoms with van der Waals surface area (Å²) < 4.78 is 27.6. The van der Waals surface area contributed by atoms with Crippen LogP contribution in [0.25, 0.3) is 0 Å². The molecule has 27 heavy (non-hydrogen) atoms. The maximum atomic E-state index is 12.8. The Kier molecular flexibility index (Phi) is 6.34. The molecule has 1 saturated heterocycles. The molecule has 1 N–H and O–H groups in total. The van der Waals surface area contributed by atoms with Gasteiger partial charge < -0.3 is 5.32 Å². The van der Waals surface area contributed by atoms with Crippen molar-refractivity contribution >= 4 is 27.3 Å². The number of hydrogen-bond donors (Lipinski definition) is 1. The molecule has 1 aromatic carbocycles. The highest BCUT2D eigenvalue weighted by Crippen LogP contribution is 2.27. The quantitative estimate of drug-likeness (QED) is 0.820. The van der Waals surface area contributed by atoms with Crippen LogP contribution in [0.2, 0.25) is 0 Å². The Labute approximate surface area is 165 Å². The van der Waals surface area contributed by atoms with E-state index in [4.69, 9.17) is 0 Å². The summed E-state index contributed by atoms with van der Waals surface area (Å²) in [5.74, 6) is -0.141. The van der Waals surface area contributed by atoms with E-state index in [9.17, 15) is 13.2 Å². The number of amides is 1. The first-order valence-electron chi connectivity index (χ1n) is 9.32. The Balaban J connectivity index is 1.66. The molecule has 2 heterocycles. The Morgan fingerprint density at radius 3 is 2.44 bits per heavy atom. The summed E-state index contributed by atoms with van der Waals surface area (Å²) in [5.41, 5.74) is 2.70. The average Bonchev–Trinajstić information content (AvgIpc) is 2.93. The van der Waals surface area contributed by atoms with Crippen molar-refractivity contribution in [2.24, 2.45) is 0 Å². The third-order valence-electron chi connectivity index (χ3n) is 4.85. The molecular weight excluding hydrogens is 380 g/mol. The van der Waals surface area contributed by atoms with E-state index in [-0.39, 0.29) is 5.91 Å². The van der Waals surface area contributed by atoms with Crippen LogP contribution in [0.1, 0.15) is 52.0 Å². The predicted molar refractivity (Wildman–Crippen MR) is 109 cm³/mol. The van der Waals surface area contributed by atoms with Gasteiger partial charge in [-0.15, -0.1) is 11.3 Å². The van der Waals surface area contributed by atoms with Gasteiger partial charge in [-0.3, -0.25) is 4.79 Å². The highest BCUT2D eigenvalue weighted by atomic mass is 32.2. The van der Waals surface area contributed by atoms with Crippen LogP contribution in [0.3, 0.4) is 0 Å². The largest absolute Gasteiger partial charge is 0.347 e. The molecule has 0 bridgehead atoms. The van der Waals surface area contributed by atoms with E-state index in [0.29, 0.717) is 29.4 Å². The number of aryl methyl sites for hydroxylation is 2. The summed E-state index contributed by atoms with van der Waals surface area (Å²) in [4.78, 5) is 13.2. The molecule has 1 aliphatic rings. The van der Waals surface area contributed by atoms with Gasteiger partial charge in [-0.2, -0.15) is 4.31 Å². The van der Waals surface area contributed by atoms with Crippen LogP contribution >= 0.6 is 11.3 Å². The van der Waals surface area contributed by atoms with Gasteiger partial charge >= 0.3 is 0 Å². The zero-order chi connectivity index (χ0) is 19.4.